The molecular formula is C56H66ClF2N13O2. The highest BCUT2D eigenvalue weighted by Gasteiger charge is 2.49. The fraction of sp³-hybridized carbons (Fsp3) is 0.554. The van der Waals surface area contributed by atoms with Crippen LogP contribution in [0.1, 0.15) is 129 Å². The molecule has 7 aliphatic rings. The van der Waals surface area contributed by atoms with Crippen molar-refractivity contribution in [3.8, 4) is 17.2 Å². The van der Waals surface area contributed by atoms with E-state index in [1.807, 2.05) is 46.2 Å². The predicted molar refractivity (Wildman–Crippen MR) is 280 cm³/mol. The molecule has 2 amide bonds. The van der Waals surface area contributed by atoms with Crippen LogP contribution in [-0.4, -0.2) is 127 Å². The second-order valence-corrected chi connectivity index (χ2v) is 23.2. The summed E-state index contributed by atoms with van der Waals surface area (Å²) in [5.74, 6) is 1.61. The van der Waals surface area contributed by atoms with Gasteiger partial charge in [0, 0.05) is 131 Å². The zero-order valence-corrected chi connectivity index (χ0v) is 43.6. The van der Waals surface area contributed by atoms with E-state index in [4.69, 9.17) is 16.7 Å². The van der Waals surface area contributed by atoms with E-state index in [0.29, 0.717) is 72.2 Å². The highest BCUT2D eigenvalue weighted by Crippen LogP contribution is 2.51. The number of rotatable bonds is 8. The zero-order chi connectivity index (χ0) is 51.0. The highest BCUT2D eigenvalue weighted by molar-refractivity contribution is 6.32. The Hall–Kier alpha value is -6.12. The molecule has 0 N–H and O–H groups in total. The first-order valence-electron chi connectivity index (χ1n) is 26.9. The largest absolute Gasteiger partial charge is 0.368 e. The maximum Gasteiger partial charge on any atom is 0.274 e. The molecule has 2 aromatic carbocycles. The van der Waals surface area contributed by atoms with E-state index in [1.165, 1.54) is 5.69 Å². The first-order chi connectivity index (χ1) is 35.8. The molecule has 1 aliphatic carbocycles. The Morgan fingerprint density at radius 3 is 2.32 bits per heavy atom. The summed E-state index contributed by atoms with van der Waals surface area (Å²) in [6, 6.07) is 16.4. The third-order valence-corrected chi connectivity index (χ3v) is 18.6. The number of aromatic nitrogens is 6. The number of fused-ring (bicyclic) bond motifs is 2. The highest BCUT2D eigenvalue weighted by atomic mass is 35.5. The number of halogens is 3. The van der Waals surface area contributed by atoms with Gasteiger partial charge in [0.2, 0.25) is 5.91 Å². The molecule has 6 aliphatic heterocycles. The Morgan fingerprint density at radius 1 is 0.865 bits per heavy atom. The lowest BCUT2D eigenvalue weighted by atomic mass is 9.66. The van der Waals surface area contributed by atoms with Crippen molar-refractivity contribution in [3.63, 3.8) is 0 Å². The average Bonchev–Trinajstić information content (AvgIpc) is 4.13. The van der Waals surface area contributed by atoms with E-state index in [0.717, 1.165) is 144 Å². The van der Waals surface area contributed by atoms with Crippen LogP contribution < -0.4 is 14.7 Å². The van der Waals surface area contributed by atoms with Gasteiger partial charge in [-0.15, -0.1) is 10.2 Å². The van der Waals surface area contributed by atoms with Crippen LogP contribution in [0.3, 0.4) is 0 Å². The van der Waals surface area contributed by atoms with Gasteiger partial charge in [-0.2, -0.15) is 15.5 Å². The monoisotopic (exact) mass is 1030 g/mol. The lowest BCUT2D eigenvalue weighted by molar-refractivity contribution is -0.129. The van der Waals surface area contributed by atoms with Crippen LogP contribution in [-0.2, 0) is 31.2 Å². The second-order valence-electron chi connectivity index (χ2n) is 22.8. The molecule has 74 heavy (non-hydrogen) atoms. The summed E-state index contributed by atoms with van der Waals surface area (Å²) in [5.41, 5.74) is 7.71. The van der Waals surface area contributed by atoms with Crippen LogP contribution in [0.5, 0.6) is 0 Å². The molecular weight excluding hydrogens is 960 g/mol. The van der Waals surface area contributed by atoms with Gasteiger partial charge in [-0.05, 0) is 142 Å². The summed E-state index contributed by atoms with van der Waals surface area (Å²) >= 11 is 6.41. The van der Waals surface area contributed by atoms with E-state index < -0.39 is 6.43 Å². The van der Waals surface area contributed by atoms with Crippen molar-refractivity contribution in [1.82, 2.24) is 44.5 Å². The number of carbonyl (C=O) groups is 2. The Labute approximate surface area is 437 Å². The molecule has 3 aromatic heterocycles. The van der Waals surface area contributed by atoms with Crippen molar-refractivity contribution in [3.05, 3.63) is 93.5 Å². The quantitative estimate of drug-likeness (QED) is 0.147. The Morgan fingerprint density at radius 2 is 1.65 bits per heavy atom. The fourth-order valence-electron chi connectivity index (χ4n) is 14.1. The number of nitrogens with zero attached hydrogens (tertiary/aromatic N) is 13. The molecule has 5 aromatic rings. The summed E-state index contributed by atoms with van der Waals surface area (Å²) in [4.78, 5) is 39.9. The molecule has 0 unspecified atom stereocenters. The molecule has 1 atom stereocenters. The molecule has 15 nitrogen and oxygen atoms in total. The Kier molecular flexibility index (Phi) is 12.7. The molecule has 388 valence electrons. The number of aryl methyl sites for hydroxylation is 2. The molecule has 12 rings (SSSR count). The van der Waals surface area contributed by atoms with Crippen molar-refractivity contribution in [2.45, 2.75) is 122 Å². The summed E-state index contributed by atoms with van der Waals surface area (Å²) < 4.78 is 33.5. The van der Waals surface area contributed by atoms with Crippen LogP contribution in [0.25, 0.3) is 11.1 Å². The van der Waals surface area contributed by atoms with Crippen LogP contribution in [0.15, 0.2) is 54.9 Å². The van der Waals surface area contributed by atoms with Crippen LogP contribution in [0.4, 0.5) is 31.8 Å². The number of hydrogen-bond donors (Lipinski definition) is 0. The first kappa shape index (κ1) is 48.8. The van der Waals surface area contributed by atoms with E-state index >= 15 is 0 Å². The molecule has 0 bridgehead atoms. The van der Waals surface area contributed by atoms with Gasteiger partial charge in [0.25, 0.3) is 12.3 Å². The second kappa shape index (κ2) is 19.2. The van der Waals surface area contributed by atoms with Gasteiger partial charge in [0.1, 0.15) is 6.07 Å². The number of benzene rings is 2. The first-order valence-corrected chi connectivity index (χ1v) is 27.3. The minimum absolute atomic E-state index is 0.00567. The molecule has 0 radical (unpaired) electrons. The minimum Gasteiger partial charge on any atom is -0.368 e. The van der Waals surface area contributed by atoms with E-state index in [9.17, 15) is 23.6 Å². The molecule has 18 heteroatoms. The topological polar surface area (TPSA) is 139 Å². The van der Waals surface area contributed by atoms with Gasteiger partial charge in [-0.1, -0.05) is 11.6 Å². The summed E-state index contributed by atoms with van der Waals surface area (Å²) in [5, 5.41) is 28.6. The number of piperidine rings is 2. The van der Waals surface area contributed by atoms with Gasteiger partial charge in [0.15, 0.2) is 17.3 Å². The third-order valence-electron chi connectivity index (χ3n) is 18.3. The van der Waals surface area contributed by atoms with Crippen molar-refractivity contribution in [2.75, 3.05) is 73.6 Å². The van der Waals surface area contributed by atoms with Gasteiger partial charge < -0.3 is 24.5 Å². The summed E-state index contributed by atoms with van der Waals surface area (Å²) in [6.45, 7) is 12.0. The SMILES string of the molecule is CC(=O)N1CCc2c(c(N3CCCc4cc(-c5cnn(C)c5)c(C(F)F)cc43)nn2C2CCC3(CC2)CN(C2CCN(C(=O)c4ccc(N5CCC6(CC5)C[C@H](C)N(c5ccc(C#N)c(Cl)c5)C6)nn4)CC2)C3)C1. The normalized spacial score (nSPS) is 22.1. The molecule has 4 saturated heterocycles. The van der Waals surface area contributed by atoms with Gasteiger partial charge in [-0.3, -0.25) is 23.9 Å². The van der Waals surface area contributed by atoms with Crippen molar-refractivity contribution in [2.24, 2.45) is 17.9 Å². The number of alkyl halides is 2. The zero-order valence-electron chi connectivity index (χ0n) is 42.8. The maximum atomic E-state index is 14.8. The van der Waals surface area contributed by atoms with Crippen molar-refractivity contribution < 1.29 is 18.4 Å². The van der Waals surface area contributed by atoms with Gasteiger partial charge in [-0.25, -0.2) is 8.78 Å². The third kappa shape index (κ3) is 8.86. The lowest BCUT2D eigenvalue weighted by Gasteiger charge is -2.57. The number of likely N-dealkylation sites (tertiary alicyclic amines) is 2. The summed E-state index contributed by atoms with van der Waals surface area (Å²) in [6.07, 6.45) is 12.6. The lowest BCUT2D eigenvalue weighted by Crippen LogP contribution is -2.62. The molecule has 2 spiro atoms. The van der Waals surface area contributed by atoms with Crippen molar-refractivity contribution >= 4 is 46.4 Å². The van der Waals surface area contributed by atoms with E-state index in [-0.39, 0.29) is 34.2 Å². The summed E-state index contributed by atoms with van der Waals surface area (Å²) in [7, 11) is 1.80. The van der Waals surface area contributed by atoms with Crippen LogP contribution in [0.2, 0.25) is 5.02 Å². The smallest absolute Gasteiger partial charge is 0.274 e. The predicted octanol–water partition coefficient (Wildman–Crippen LogP) is 9.13. The van der Waals surface area contributed by atoms with Gasteiger partial charge >= 0.3 is 0 Å². The van der Waals surface area contributed by atoms with Crippen LogP contribution >= 0.6 is 11.6 Å². The number of anilines is 4. The Balaban J connectivity index is 0.644. The van der Waals surface area contributed by atoms with E-state index in [2.05, 4.69) is 52.6 Å². The number of carbonyl (C=O) groups excluding carboxylic acids is 2. The minimum atomic E-state index is -2.65. The van der Waals surface area contributed by atoms with Crippen LogP contribution in [0, 0.1) is 22.2 Å². The molecule has 9 heterocycles. The Bertz CT molecular complexity index is 2990. The maximum absolute atomic E-state index is 14.8. The molecule has 1 saturated carbocycles. The standard InChI is InChI=1S/C56H66ClF2N13O2/c1-36-28-55(35-71(36)43-7-6-39(29-60)47(57)26-43)17-23-66(24-18-55)51-9-8-48(62-63-51)54(74)67-20-12-41(13-21-67)69-33-56(34-69)15-10-42(11-16-56)72-49-14-22-68(37(2)73)32-46(49)53(64-72)70-19-4-5-38-25-44(40-30-61-65(3)31-40)45(52(58)59)27-50(38)70/h6-9,25-27,30-31,36,41-42,52H,4-5,10-24,28,32-35H2,1-3H3/t36-/m0/s1. The van der Waals surface area contributed by atoms with Crippen molar-refractivity contribution in [1.29, 1.82) is 5.26 Å². The number of amides is 2. The molecule has 5 fully saturated rings. The number of nitriles is 1. The van der Waals surface area contributed by atoms with E-state index in [1.54, 1.807) is 37.1 Å². The average molecular weight is 1030 g/mol. The number of hydrogen-bond acceptors (Lipinski definition) is 11. The van der Waals surface area contributed by atoms with Gasteiger partial charge in [0.05, 0.1) is 29.4 Å². The fourth-order valence-corrected chi connectivity index (χ4v) is 14.4.